The van der Waals surface area contributed by atoms with Gasteiger partial charge in [-0.2, -0.15) is 0 Å². The summed E-state index contributed by atoms with van der Waals surface area (Å²) >= 11 is 1.73. The fourth-order valence-electron chi connectivity index (χ4n) is 1.15. The predicted molar refractivity (Wildman–Crippen MR) is 48.3 cm³/mol. The number of nitrogens with one attached hydrogen (secondary N) is 1. The van der Waals surface area contributed by atoms with Crippen LogP contribution in [0.25, 0.3) is 0 Å². The molecule has 1 aliphatic heterocycles. The number of thioether (sulfide) groups is 1. The van der Waals surface area contributed by atoms with Crippen molar-refractivity contribution in [3.8, 4) is 0 Å². The fourth-order valence-corrected chi connectivity index (χ4v) is 2.11. The quantitative estimate of drug-likeness (QED) is 0.636. The largest absolute Gasteiger partial charge is 0.380 e. The van der Waals surface area contributed by atoms with Gasteiger partial charge in [-0.25, -0.2) is 0 Å². The van der Waals surface area contributed by atoms with Crippen LogP contribution in [-0.2, 0) is 4.79 Å². The van der Waals surface area contributed by atoms with E-state index >= 15 is 0 Å². The molecule has 0 aromatic heterocycles. The van der Waals surface area contributed by atoms with Gasteiger partial charge in [-0.3, -0.25) is 0 Å². The molecule has 2 unspecified atom stereocenters. The van der Waals surface area contributed by atoms with Crippen LogP contribution in [0.2, 0.25) is 0 Å². The molecule has 1 heterocycles. The Morgan fingerprint density at radius 1 is 1.64 bits per heavy atom. The monoisotopic (exact) mass is 171 g/mol. The first-order valence-corrected chi connectivity index (χ1v) is 4.72. The Hall–Kier alpha value is -0.440. The summed E-state index contributed by atoms with van der Waals surface area (Å²) in [6.07, 6.45) is 2.82. The molecule has 0 spiro atoms. The maximum Gasteiger partial charge on any atom is 0.143 e. The summed E-state index contributed by atoms with van der Waals surface area (Å²) in [5.41, 5.74) is 0. The van der Waals surface area contributed by atoms with E-state index in [2.05, 4.69) is 19.2 Å². The highest BCUT2D eigenvalue weighted by molar-refractivity contribution is 8.02. The van der Waals surface area contributed by atoms with Crippen molar-refractivity contribution in [2.24, 2.45) is 5.92 Å². The zero-order valence-corrected chi connectivity index (χ0v) is 7.60. The Morgan fingerprint density at radius 2 is 2.36 bits per heavy atom. The highest BCUT2D eigenvalue weighted by Crippen LogP contribution is 2.25. The van der Waals surface area contributed by atoms with Crippen LogP contribution in [-0.4, -0.2) is 17.6 Å². The van der Waals surface area contributed by atoms with Crippen LogP contribution in [0.3, 0.4) is 0 Å². The van der Waals surface area contributed by atoms with Crippen molar-refractivity contribution in [3.05, 3.63) is 11.6 Å². The molecule has 2 nitrogen and oxygen atoms in total. The van der Waals surface area contributed by atoms with E-state index in [9.17, 15) is 4.79 Å². The second kappa shape index (κ2) is 3.81. The van der Waals surface area contributed by atoms with Crippen molar-refractivity contribution < 1.29 is 4.79 Å². The third kappa shape index (κ3) is 1.99. The average Bonchev–Trinajstić information content (AvgIpc) is 2.04. The number of carbonyl (C=O) groups excluding carboxylic acids is 1. The summed E-state index contributed by atoms with van der Waals surface area (Å²) in [6.45, 7) is 4.27. The Labute approximate surface area is 71.4 Å². The van der Waals surface area contributed by atoms with Crippen molar-refractivity contribution in [2.45, 2.75) is 25.1 Å². The number of hydrogen-bond donors (Lipinski definition) is 1. The first kappa shape index (κ1) is 8.65. The van der Waals surface area contributed by atoms with Crippen LogP contribution in [0, 0.1) is 5.92 Å². The summed E-state index contributed by atoms with van der Waals surface area (Å²) in [4.78, 5) is 10.6. The second-order valence-electron chi connectivity index (χ2n) is 2.98. The standard InChI is InChI=1S/C8H13NOS/c1-6(2)8-7(5-10)9-3-4-11-8/h3-9H,1-2H3. The molecule has 2 atom stereocenters. The Morgan fingerprint density at radius 3 is 2.82 bits per heavy atom. The molecule has 1 rings (SSSR count). The van der Waals surface area contributed by atoms with E-state index in [1.807, 2.05) is 11.6 Å². The lowest BCUT2D eigenvalue weighted by molar-refractivity contribution is -0.109. The molecule has 3 heteroatoms. The molecule has 0 fully saturated rings. The molecular weight excluding hydrogens is 158 g/mol. The highest BCUT2D eigenvalue weighted by Gasteiger charge is 2.24. The van der Waals surface area contributed by atoms with Gasteiger partial charge in [0.1, 0.15) is 6.29 Å². The summed E-state index contributed by atoms with van der Waals surface area (Å²) in [7, 11) is 0. The van der Waals surface area contributed by atoms with E-state index < -0.39 is 0 Å². The highest BCUT2D eigenvalue weighted by atomic mass is 32.2. The van der Waals surface area contributed by atoms with E-state index in [0.29, 0.717) is 11.2 Å². The maximum absolute atomic E-state index is 10.6. The first-order chi connectivity index (χ1) is 5.25. The third-order valence-corrected chi connectivity index (χ3v) is 3.20. The van der Waals surface area contributed by atoms with Gasteiger partial charge in [-0.1, -0.05) is 13.8 Å². The Balaban J connectivity index is 2.61. The van der Waals surface area contributed by atoms with E-state index in [4.69, 9.17) is 0 Å². The van der Waals surface area contributed by atoms with E-state index in [-0.39, 0.29) is 6.04 Å². The normalized spacial score (nSPS) is 30.1. The zero-order valence-electron chi connectivity index (χ0n) is 6.78. The third-order valence-electron chi connectivity index (χ3n) is 1.75. The zero-order chi connectivity index (χ0) is 8.27. The summed E-state index contributed by atoms with van der Waals surface area (Å²) in [6, 6.07) is -0.00926. The van der Waals surface area contributed by atoms with Gasteiger partial charge in [0, 0.05) is 11.4 Å². The van der Waals surface area contributed by atoms with Gasteiger partial charge in [0.05, 0.1) is 6.04 Å². The topological polar surface area (TPSA) is 29.1 Å². The summed E-state index contributed by atoms with van der Waals surface area (Å²) in [5.74, 6) is 0.535. The molecule has 0 bridgehead atoms. The summed E-state index contributed by atoms with van der Waals surface area (Å²) in [5, 5.41) is 5.42. The lowest BCUT2D eigenvalue weighted by atomic mass is 10.0. The number of rotatable bonds is 2. The minimum Gasteiger partial charge on any atom is -0.380 e. The van der Waals surface area contributed by atoms with Crippen LogP contribution in [0.15, 0.2) is 11.6 Å². The average molecular weight is 171 g/mol. The van der Waals surface area contributed by atoms with Crippen molar-refractivity contribution in [3.63, 3.8) is 0 Å². The number of aldehydes is 1. The van der Waals surface area contributed by atoms with Gasteiger partial charge in [-0.05, 0) is 11.3 Å². The van der Waals surface area contributed by atoms with Gasteiger partial charge >= 0.3 is 0 Å². The minimum absolute atomic E-state index is 0.00926. The first-order valence-electron chi connectivity index (χ1n) is 3.77. The van der Waals surface area contributed by atoms with Gasteiger partial charge in [-0.15, -0.1) is 11.8 Å². The van der Waals surface area contributed by atoms with Crippen molar-refractivity contribution in [2.75, 3.05) is 0 Å². The minimum atomic E-state index is -0.00926. The van der Waals surface area contributed by atoms with Crippen LogP contribution < -0.4 is 5.32 Å². The van der Waals surface area contributed by atoms with Gasteiger partial charge in [0.15, 0.2) is 0 Å². The van der Waals surface area contributed by atoms with Crippen molar-refractivity contribution in [1.29, 1.82) is 0 Å². The molecule has 0 saturated carbocycles. The Kier molecular flexibility index (Phi) is 3.00. The molecule has 0 aromatic carbocycles. The second-order valence-corrected chi connectivity index (χ2v) is 4.06. The van der Waals surface area contributed by atoms with Crippen LogP contribution in [0.5, 0.6) is 0 Å². The maximum atomic E-state index is 10.6. The molecule has 11 heavy (non-hydrogen) atoms. The van der Waals surface area contributed by atoms with Crippen molar-refractivity contribution in [1.82, 2.24) is 5.32 Å². The van der Waals surface area contributed by atoms with Gasteiger partial charge in [0.25, 0.3) is 0 Å². The molecule has 0 amide bonds. The smallest absolute Gasteiger partial charge is 0.143 e. The Bertz CT molecular complexity index is 167. The van der Waals surface area contributed by atoms with E-state index in [1.54, 1.807) is 11.8 Å². The van der Waals surface area contributed by atoms with Crippen LogP contribution in [0.1, 0.15) is 13.8 Å². The molecule has 0 radical (unpaired) electrons. The predicted octanol–water partition coefficient (Wildman–Crippen LogP) is 1.39. The SMILES string of the molecule is CC(C)C1SC=CNC1C=O. The van der Waals surface area contributed by atoms with E-state index in [0.717, 1.165) is 6.29 Å². The molecule has 0 saturated heterocycles. The van der Waals surface area contributed by atoms with Crippen LogP contribution >= 0.6 is 11.8 Å². The van der Waals surface area contributed by atoms with Gasteiger partial charge in [0.2, 0.25) is 0 Å². The fraction of sp³-hybridized carbons (Fsp3) is 0.625. The summed E-state index contributed by atoms with van der Waals surface area (Å²) < 4.78 is 0. The molecule has 1 N–H and O–H groups in total. The van der Waals surface area contributed by atoms with Crippen molar-refractivity contribution >= 4 is 18.0 Å². The molecular formula is C8H13NOS. The molecule has 1 aliphatic rings. The lowest BCUT2D eigenvalue weighted by Crippen LogP contribution is -2.41. The number of carbonyl (C=O) groups is 1. The van der Waals surface area contributed by atoms with E-state index in [1.165, 1.54) is 0 Å². The lowest BCUT2D eigenvalue weighted by Gasteiger charge is -2.27. The molecule has 0 aromatic rings. The number of hydrogen-bond acceptors (Lipinski definition) is 3. The van der Waals surface area contributed by atoms with Crippen LogP contribution in [0.4, 0.5) is 0 Å². The molecule has 0 aliphatic carbocycles. The molecule has 62 valence electrons. The van der Waals surface area contributed by atoms with Gasteiger partial charge < -0.3 is 10.1 Å².